The third-order valence-corrected chi connectivity index (χ3v) is 3.44. The number of nitrogens with one attached hydrogen (secondary N) is 2. The first-order chi connectivity index (χ1) is 11.8. The number of non-ortho nitro benzene ring substituents is 1. The molecular weight excluding hydrogens is 369 g/mol. The number of carbonyl (C=O) groups excluding carboxylic acids is 1. The second kappa shape index (κ2) is 8.32. The molecule has 0 unspecified atom stereocenters. The van der Waals surface area contributed by atoms with Gasteiger partial charge in [-0.15, -0.1) is 0 Å². The number of hydrogen-bond acceptors (Lipinski definition) is 4. The van der Waals surface area contributed by atoms with E-state index in [1.807, 2.05) is 0 Å². The number of nitrogens with zero attached hydrogens (tertiary/aromatic N) is 1. The predicted octanol–water partition coefficient (Wildman–Crippen LogP) is 3.91. The summed E-state index contributed by atoms with van der Waals surface area (Å²) in [5, 5.41) is 15.6. The van der Waals surface area contributed by atoms with Crippen LogP contribution in [-0.4, -0.2) is 15.9 Å². The number of rotatable bonds is 4. The van der Waals surface area contributed by atoms with E-state index in [-0.39, 0.29) is 15.8 Å². The number of benzene rings is 2. The summed E-state index contributed by atoms with van der Waals surface area (Å²) < 4.78 is 13.1. The highest BCUT2D eigenvalue weighted by Crippen LogP contribution is 2.19. The van der Waals surface area contributed by atoms with Crippen molar-refractivity contribution in [3.8, 4) is 0 Å². The normalized spacial score (nSPS) is 10.5. The van der Waals surface area contributed by atoms with Crippen LogP contribution in [0.2, 0.25) is 5.02 Å². The number of carbonyl (C=O) groups is 1. The zero-order valence-corrected chi connectivity index (χ0v) is 14.1. The van der Waals surface area contributed by atoms with Crippen LogP contribution in [0.4, 0.5) is 15.8 Å². The lowest BCUT2D eigenvalue weighted by Crippen LogP contribution is -2.32. The molecule has 0 heterocycles. The van der Waals surface area contributed by atoms with Crippen molar-refractivity contribution in [2.45, 2.75) is 0 Å². The Morgan fingerprint density at radius 2 is 1.92 bits per heavy atom. The highest BCUT2D eigenvalue weighted by atomic mass is 35.5. The van der Waals surface area contributed by atoms with Crippen molar-refractivity contribution in [3.05, 3.63) is 75.1 Å². The molecule has 9 heteroatoms. The van der Waals surface area contributed by atoms with Gasteiger partial charge in [0.25, 0.3) is 5.69 Å². The average molecular weight is 380 g/mol. The van der Waals surface area contributed by atoms with Crippen LogP contribution < -0.4 is 10.6 Å². The minimum Gasteiger partial charge on any atom is -0.332 e. The summed E-state index contributed by atoms with van der Waals surface area (Å²) in [6.45, 7) is 0. The van der Waals surface area contributed by atoms with Gasteiger partial charge in [-0.1, -0.05) is 11.6 Å². The average Bonchev–Trinajstić information content (AvgIpc) is 2.56. The first-order valence-electron chi connectivity index (χ1n) is 6.85. The smallest absolute Gasteiger partial charge is 0.269 e. The molecule has 0 aliphatic rings. The molecule has 2 aromatic rings. The van der Waals surface area contributed by atoms with Gasteiger partial charge in [0.05, 0.1) is 9.95 Å². The number of thiocarbonyl (C=S) groups is 1. The lowest BCUT2D eigenvalue weighted by atomic mass is 10.2. The van der Waals surface area contributed by atoms with Gasteiger partial charge >= 0.3 is 0 Å². The number of anilines is 1. The predicted molar refractivity (Wildman–Crippen MR) is 97.9 cm³/mol. The van der Waals surface area contributed by atoms with Gasteiger partial charge in [0.2, 0.25) is 5.91 Å². The molecule has 0 aliphatic heterocycles. The fourth-order valence-electron chi connectivity index (χ4n) is 1.77. The van der Waals surface area contributed by atoms with E-state index >= 15 is 0 Å². The number of nitro benzene ring substituents is 1. The van der Waals surface area contributed by atoms with Gasteiger partial charge in [-0.2, -0.15) is 0 Å². The van der Waals surface area contributed by atoms with Gasteiger partial charge in [-0.3, -0.25) is 20.2 Å². The topological polar surface area (TPSA) is 84.3 Å². The Bertz CT molecular complexity index is 856. The highest BCUT2D eigenvalue weighted by molar-refractivity contribution is 7.80. The molecule has 0 bridgehead atoms. The Morgan fingerprint density at radius 3 is 2.52 bits per heavy atom. The zero-order chi connectivity index (χ0) is 18.4. The van der Waals surface area contributed by atoms with Crippen LogP contribution in [0.3, 0.4) is 0 Å². The van der Waals surface area contributed by atoms with Crippen LogP contribution in [0.25, 0.3) is 6.08 Å². The summed E-state index contributed by atoms with van der Waals surface area (Å²) in [4.78, 5) is 21.8. The molecule has 0 aromatic heterocycles. The van der Waals surface area contributed by atoms with Gasteiger partial charge in [-0.05, 0) is 54.2 Å². The lowest BCUT2D eigenvalue weighted by molar-refractivity contribution is -0.384. The summed E-state index contributed by atoms with van der Waals surface area (Å²) in [5.74, 6) is -1.06. The van der Waals surface area contributed by atoms with E-state index in [2.05, 4.69) is 10.6 Å². The molecule has 1 amide bonds. The molecule has 0 saturated heterocycles. The Hall–Kier alpha value is -2.84. The maximum atomic E-state index is 13.1. The first-order valence-corrected chi connectivity index (χ1v) is 7.63. The second-order valence-corrected chi connectivity index (χ2v) is 5.57. The molecule has 128 valence electrons. The lowest BCUT2D eigenvalue weighted by Gasteiger charge is -2.08. The molecule has 2 rings (SSSR count). The van der Waals surface area contributed by atoms with Crippen LogP contribution in [-0.2, 0) is 4.79 Å². The van der Waals surface area contributed by atoms with Crippen LogP contribution in [0.5, 0.6) is 0 Å². The quantitative estimate of drug-likeness (QED) is 0.364. The Labute approximate surface area is 152 Å². The fourth-order valence-corrected chi connectivity index (χ4v) is 2.17. The van der Waals surface area contributed by atoms with Crippen molar-refractivity contribution in [1.82, 2.24) is 5.32 Å². The van der Waals surface area contributed by atoms with Crippen LogP contribution in [0.15, 0.2) is 48.5 Å². The Balaban J connectivity index is 1.91. The molecule has 2 aromatic carbocycles. The maximum absolute atomic E-state index is 13.1. The Morgan fingerprint density at radius 1 is 1.24 bits per heavy atom. The number of hydrogen-bond donors (Lipinski definition) is 2. The second-order valence-electron chi connectivity index (χ2n) is 4.75. The van der Waals surface area contributed by atoms with Crippen molar-refractivity contribution in [2.24, 2.45) is 0 Å². The largest absolute Gasteiger partial charge is 0.332 e. The van der Waals surface area contributed by atoms with E-state index < -0.39 is 16.6 Å². The first kappa shape index (κ1) is 18.5. The third kappa shape index (κ3) is 5.63. The van der Waals surface area contributed by atoms with Gasteiger partial charge < -0.3 is 5.32 Å². The highest BCUT2D eigenvalue weighted by Gasteiger charge is 2.05. The molecule has 2 N–H and O–H groups in total. The van der Waals surface area contributed by atoms with E-state index in [0.717, 1.165) is 0 Å². The molecule has 0 saturated carbocycles. The molecule has 0 fully saturated rings. The number of nitro groups is 1. The molecule has 25 heavy (non-hydrogen) atoms. The van der Waals surface area contributed by atoms with Gasteiger partial charge in [0.15, 0.2) is 5.11 Å². The summed E-state index contributed by atoms with van der Waals surface area (Å²) in [5.41, 5.74) is 1.01. The molecule has 6 nitrogen and oxygen atoms in total. The van der Waals surface area contributed by atoms with E-state index in [9.17, 15) is 19.3 Å². The summed E-state index contributed by atoms with van der Waals surface area (Å²) >= 11 is 10.6. The summed E-state index contributed by atoms with van der Waals surface area (Å²) in [6.07, 6.45) is 2.71. The monoisotopic (exact) mass is 379 g/mol. The van der Waals surface area contributed by atoms with Crippen molar-refractivity contribution in [3.63, 3.8) is 0 Å². The van der Waals surface area contributed by atoms with E-state index in [0.29, 0.717) is 11.3 Å². The standard InChI is InChI=1S/C16H11ClFN3O3S/c17-13-9-11(4-7-14(13)18)19-16(25)20-15(22)8-3-10-1-5-12(6-2-10)21(23)24/h1-9H,(H2,19,20,22,25)/b8-3+. The van der Waals surface area contributed by atoms with Crippen molar-refractivity contribution in [2.75, 3.05) is 5.32 Å². The van der Waals surface area contributed by atoms with E-state index in [1.54, 1.807) is 0 Å². The molecule has 0 aliphatic carbocycles. The number of amides is 1. The van der Waals surface area contributed by atoms with Crippen molar-refractivity contribution in [1.29, 1.82) is 0 Å². The zero-order valence-electron chi connectivity index (χ0n) is 12.5. The van der Waals surface area contributed by atoms with E-state index in [1.165, 1.54) is 54.6 Å². The van der Waals surface area contributed by atoms with E-state index in [4.69, 9.17) is 23.8 Å². The van der Waals surface area contributed by atoms with Crippen LogP contribution in [0.1, 0.15) is 5.56 Å². The van der Waals surface area contributed by atoms with Gasteiger partial charge in [0, 0.05) is 23.9 Å². The van der Waals surface area contributed by atoms with Crippen LogP contribution >= 0.6 is 23.8 Å². The SMILES string of the molecule is O=C(/C=C/c1ccc([N+](=O)[O-])cc1)NC(=S)Nc1ccc(F)c(Cl)c1. The molecule has 0 radical (unpaired) electrons. The molecule has 0 atom stereocenters. The summed E-state index contributed by atoms with van der Waals surface area (Å²) in [6, 6.07) is 9.63. The fraction of sp³-hybridized carbons (Fsp3) is 0. The van der Waals surface area contributed by atoms with Gasteiger partial charge in [-0.25, -0.2) is 4.39 Å². The number of halogens is 2. The van der Waals surface area contributed by atoms with Crippen molar-refractivity contribution < 1.29 is 14.1 Å². The summed E-state index contributed by atoms with van der Waals surface area (Å²) in [7, 11) is 0. The molecular formula is C16H11ClFN3O3S. The third-order valence-electron chi connectivity index (χ3n) is 2.95. The van der Waals surface area contributed by atoms with Crippen LogP contribution in [0, 0.1) is 15.9 Å². The minimum absolute atomic E-state index is 0.0148. The molecule has 0 spiro atoms. The Kier molecular flexibility index (Phi) is 6.15. The van der Waals surface area contributed by atoms with Crippen molar-refractivity contribution >= 4 is 52.3 Å². The maximum Gasteiger partial charge on any atom is 0.269 e. The minimum atomic E-state index is -0.562. The van der Waals surface area contributed by atoms with Gasteiger partial charge in [0.1, 0.15) is 5.82 Å².